The normalized spacial score (nSPS) is 9.95. The minimum Gasteiger partial charge on any atom is -0.493 e. The lowest BCUT2D eigenvalue weighted by molar-refractivity contribution is -0.137. The lowest BCUT2D eigenvalue weighted by Gasteiger charge is -2.09. The third-order valence-electron chi connectivity index (χ3n) is 2.60. The number of para-hydroxylation sites is 1. The van der Waals surface area contributed by atoms with Crippen molar-refractivity contribution < 1.29 is 19.4 Å². The standard InChI is InChI=1S/C14H19NO4/c1-2-11-6-3-4-7-12(11)19-9-5-8-13(16)15-10-14(17)18/h3-4,6-7H,2,5,8-10H2,1H3,(H,15,16)(H,17,18). The van der Waals surface area contributed by atoms with Gasteiger partial charge in [-0.3, -0.25) is 9.59 Å². The third kappa shape index (κ3) is 5.90. The van der Waals surface area contributed by atoms with E-state index >= 15 is 0 Å². The molecule has 0 radical (unpaired) electrons. The third-order valence-corrected chi connectivity index (χ3v) is 2.60. The molecule has 1 rings (SSSR count). The van der Waals surface area contributed by atoms with Crippen LogP contribution >= 0.6 is 0 Å². The molecular formula is C14H19NO4. The van der Waals surface area contributed by atoms with E-state index in [1.807, 2.05) is 24.3 Å². The highest BCUT2D eigenvalue weighted by atomic mass is 16.5. The maximum Gasteiger partial charge on any atom is 0.322 e. The number of hydrogen-bond donors (Lipinski definition) is 2. The molecule has 5 heteroatoms. The van der Waals surface area contributed by atoms with Crippen molar-refractivity contribution in [2.24, 2.45) is 0 Å². The summed E-state index contributed by atoms with van der Waals surface area (Å²) < 4.78 is 5.61. The van der Waals surface area contributed by atoms with Gasteiger partial charge in [0.15, 0.2) is 0 Å². The lowest BCUT2D eigenvalue weighted by atomic mass is 10.1. The molecule has 0 aromatic heterocycles. The molecule has 0 unspecified atom stereocenters. The number of ether oxygens (including phenoxy) is 1. The van der Waals surface area contributed by atoms with Gasteiger partial charge in [0.05, 0.1) is 6.61 Å². The number of nitrogens with one attached hydrogen (secondary N) is 1. The van der Waals surface area contributed by atoms with Gasteiger partial charge in [0.2, 0.25) is 5.91 Å². The second-order valence-corrected chi connectivity index (χ2v) is 4.08. The molecule has 19 heavy (non-hydrogen) atoms. The summed E-state index contributed by atoms with van der Waals surface area (Å²) in [5, 5.41) is 10.7. The molecule has 0 saturated heterocycles. The Balaban J connectivity index is 2.23. The molecule has 0 heterocycles. The highest BCUT2D eigenvalue weighted by Gasteiger charge is 2.04. The van der Waals surface area contributed by atoms with E-state index in [0.29, 0.717) is 13.0 Å². The maximum atomic E-state index is 11.3. The van der Waals surface area contributed by atoms with Gasteiger partial charge in [0.25, 0.3) is 0 Å². The Labute approximate surface area is 112 Å². The van der Waals surface area contributed by atoms with Crippen LogP contribution < -0.4 is 10.1 Å². The average Bonchev–Trinajstić information content (AvgIpc) is 2.41. The number of carbonyl (C=O) groups is 2. The van der Waals surface area contributed by atoms with Crippen LogP contribution in [0.1, 0.15) is 25.3 Å². The van der Waals surface area contributed by atoms with Gasteiger partial charge < -0.3 is 15.2 Å². The van der Waals surface area contributed by atoms with E-state index < -0.39 is 5.97 Å². The van der Waals surface area contributed by atoms with Crippen molar-refractivity contribution in [2.45, 2.75) is 26.2 Å². The average molecular weight is 265 g/mol. The minimum absolute atomic E-state index is 0.265. The molecule has 1 amide bonds. The van der Waals surface area contributed by atoms with Crippen molar-refractivity contribution in [3.05, 3.63) is 29.8 Å². The number of hydrogen-bond acceptors (Lipinski definition) is 3. The largest absolute Gasteiger partial charge is 0.493 e. The first-order valence-electron chi connectivity index (χ1n) is 6.32. The Morgan fingerprint density at radius 1 is 1.32 bits per heavy atom. The SMILES string of the molecule is CCc1ccccc1OCCCC(=O)NCC(=O)O. The van der Waals surface area contributed by atoms with Crippen molar-refractivity contribution in [3.63, 3.8) is 0 Å². The molecule has 0 fully saturated rings. The van der Waals surface area contributed by atoms with Crippen LogP contribution in [-0.4, -0.2) is 30.1 Å². The van der Waals surface area contributed by atoms with Crippen LogP contribution in [-0.2, 0) is 16.0 Å². The van der Waals surface area contributed by atoms with Gasteiger partial charge in [0.1, 0.15) is 12.3 Å². The van der Waals surface area contributed by atoms with Crippen LogP contribution in [0.3, 0.4) is 0 Å². The molecule has 0 aliphatic rings. The summed E-state index contributed by atoms with van der Waals surface area (Å²) in [4.78, 5) is 21.5. The van der Waals surface area contributed by atoms with E-state index in [4.69, 9.17) is 9.84 Å². The molecule has 2 N–H and O–H groups in total. The topological polar surface area (TPSA) is 75.6 Å². The summed E-state index contributed by atoms with van der Waals surface area (Å²) in [5.74, 6) is -0.466. The van der Waals surface area contributed by atoms with E-state index in [-0.39, 0.29) is 18.9 Å². The number of amides is 1. The fraction of sp³-hybridized carbons (Fsp3) is 0.429. The first-order valence-corrected chi connectivity index (χ1v) is 6.32. The summed E-state index contributed by atoms with van der Waals surface area (Å²) in [6.07, 6.45) is 1.72. The van der Waals surface area contributed by atoms with Crippen molar-refractivity contribution in [1.29, 1.82) is 0 Å². The monoisotopic (exact) mass is 265 g/mol. The predicted octanol–water partition coefficient (Wildman–Crippen LogP) is 1.61. The van der Waals surface area contributed by atoms with Crippen molar-refractivity contribution >= 4 is 11.9 Å². The molecule has 0 aliphatic heterocycles. The van der Waals surface area contributed by atoms with Gasteiger partial charge in [-0.15, -0.1) is 0 Å². The molecule has 0 bridgehead atoms. The molecule has 1 aromatic rings. The number of carbonyl (C=O) groups excluding carboxylic acids is 1. The Morgan fingerprint density at radius 3 is 2.74 bits per heavy atom. The lowest BCUT2D eigenvalue weighted by Crippen LogP contribution is -2.29. The fourth-order valence-corrected chi connectivity index (χ4v) is 1.61. The zero-order valence-corrected chi connectivity index (χ0v) is 11.0. The van der Waals surface area contributed by atoms with Gasteiger partial charge in [-0.05, 0) is 24.5 Å². The first-order chi connectivity index (χ1) is 9.13. The van der Waals surface area contributed by atoms with E-state index in [1.54, 1.807) is 0 Å². The highest BCUT2D eigenvalue weighted by Crippen LogP contribution is 2.18. The van der Waals surface area contributed by atoms with Gasteiger partial charge >= 0.3 is 5.97 Å². The van der Waals surface area contributed by atoms with Crippen LogP contribution in [0.2, 0.25) is 0 Å². The smallest absolute Gasteiger partial charge is 0.322 e. The van der Waals surface area contributed by atoms with Gasteiger partial charge in [-0.1, -0.05) is 25.1 Å². The number of carboxylic acids is 1. The number of rotatable bonds is 8. The fourth-order valence-electron chi connectivity index (χ4n) is 1.61. The van der Waals surface area contributed by atoms with Crippen LogP contribution in [0, 0.1) is 0 Å². The molecule has 0 aliphatic carbocycles. The van der Waals surface area contributed by atoms with E-state index in [2.05, 4.69) is 12.2 Å². The second kappa shape index (κ2) is 8.13. The maximum absolute atomic E-state index is 11.3. The molecule has 0 saturated carbocycles. The second-order valence-electron chi connectivity index (χ2n) is 4.08. The number of aliphatic carboxylic acids is 1. The summed E-state index contributed by atoms with van der Waals surface area (Å²) in [6.45, 7) is 2.16. The number of aryl methyl sites for hydroxylation is 1. The summed E-state index contributed by atoms with van der Waals surface area (Å²) in [6, 6.07) is 7.79. The summed E-state index contributed by atoms with van der Waals surface area (Å²) in [5.41, 5.74) is 1.14. The Kier molecular flexibility index (Phi) is 6.43. The predicted molar refractivity (Wildman–Crippen MR) is 71.2 cm³/mol. The van der Waals surface area contributed by atoms with Crippen LogP contribution in [0.25, 0.3) is 0 Å². The minimum atomic E-state index is -1.04. The van der Waals surface area contributed by atoms with Crippen LogP contribution in [0.5, 0.6) is 5.75 Å². The number of benzene rings is 1. The first kappa shape index (κ1) is 15.0. The van der Waals surface area contributed by atoms with Gasteiger partial charge in [0, 0.05) is 6.42 Å². The van der Waals surface area contributed by atoms with Crippen molar-refractivity contribution in [2.75, 3.05) is 13.2 Å². The zero-order valence-electron chi connectivity index (χ0n) is 11.0. The highest BCUT2D eigenvalue weighted by molar-refractivity contribution is 5.80. The zero-order chi connectivity index (χ0) is 14.1. The van der Waals surface area contributed by atoms with Gasteiger partial charge in [-0.2, -0.15) is 0 Å². The van der Waals surface area contributed by atoms with E-state index in [0.717, 1.165) is 17.7 Å². The van der Waals surface area contributed by atoms with Crippen molar-refractivity contribution in [3.8, 4) is 5.75 Å². The van der Waals surface area contributed by atoms with Crippen LogP contribution in [0.15, 0.2) is 24.3 Å². The van der Waals surface area contributed by atoms with E-state index in [1.165, 1.54) is 0 Å². The molecule has 1 aromatic carbocycles. The Bertz CT molecular complexity index is 431. The Morgan fingerprint density at radius 2 is 2.05 bits per heavy atom. The molecule has 0 atom stereocenters. The number of carboxylic acid groups (broad SMARTS) is 1. The Hall–Kier alpha value is -2.04. The van der Waals surface area contributed by atoms with Crippen LogP contribution in [0.4, 0.5) is 0 Å². The van der Waals surface area contributed by atoms with Gasteiger partial charge in [-0.25, -0.2) is 0 Å². The van der Waals surface area contributed by atoms with E-state index in [9.17, 15) is 9.59 Å². The quantitative estimate of drug-likeness (QED) is 0.700. The summed E-state index contributed by atoms with van der Waals surface area (Å²) >= 11 is 0. The molecule has 0 spiro atoms. The molecular weight excluding hydrogens is 246 g/mol. The molecule has 104 valence electrons. The molecule has 5 nitrogen and oxygen atoms in total. The summed E-state index contributed by atoms with van der Waals surface area (Å²) in [7, 11) is 0. The van der Waals surface area contributed by atoms with Crippen molar-refractivity contribution in [1.82, 2.24) is 5.32 Å².